The van der Waals surface area contributed by atoms with Crippen molar-refractivity contribution in [3.05, 3.63) is 29.8 Å². The molecule has 0 fully saturated rings. The van der Waals surface area contributed by atoms with Crippen molar-refractivity contribution >= 4 is 35.1 Å². The molecule has 6 heteroatoms. The largest absolute Gasteiger partial charge is 0.466 e. The summed E-state index contributed by atoms with van der Waals surface area (Å²) in [4.78, 5) is 37.7. The molecule has 1 heterocycles. The van der Waals surface area contributed by atoms with E-state index >= 15 is 0 Å². The van der Waals surface area contributed by atoms with E-state index < -0.39 is 5.97 Å². The second-order valence-corrected chi connectivity index (χ2v) is 7.19. The molecule has 1 amide bonds. The number of para-hydroxylation sites is 1. The zero-order valence-corrected chi connectivity index (χ0v) is 15.1. The Morgan fingerprint density at radius 1 is 1.33 bits per heavy atom. The van der Waals surface area contributed by atoms with Crippen LogP contribution in [0.3, 0.4) is 0 Å². The summed E-state index contributed by atoms with van der Waals surface area (Å²) in [6.07, 6.45) is 0.617. The Morgan fingerprint density at radius 3 is 2.75 bits per heavy atom. The summed E-state index contributed by atoms with van der Waals surface area (Å²) >= 11 is 1.27. The Labute approximate surface area is 146 Å². The van der Waals surface area contributed by atoms with Crippen LogP contribution in [-0.2, 0) is 25.5 Å². The SMILES string of the molecule is CCOC(=O)CC(=O)CSC(C)C(=O)N1c2ccccc2CC1C. The number of hydrogen-bond donors (Lipinski definition) is 0. The number of ketones is 1. The molecule has 2 atom stereocenters. The number of carbonyl (C=O) groups is 3. The van der Waals surface area contributed by atoms with Crippen LogP contribution < -0.4 is 4.90 Å². The van der Waals surface area contributed by atoms with E-state index in [1.54, 1.807) is 13.8 Å². The lowest BCUT2D eigenvalue weighted by molar-refractivity contribution is -0.145. The maximum Gasteiger partial charge on any atom is 0.313 e. The first kappa shape index (κ1) is 18.5. The third kappa shape index (κ3) is 4.38. The highest BCUT2D eigenvalue weighted by atomic mass is 32.2. The minimum absolute atomic E-state index is 0.00128. The van der Waals surface area contributed by atoms with Crippen molar-refractivity contribution in [1.82, 2.24) is 0 Å². The van der Waals surface area contributed by atoms with Crippen LogP contribution in [0.5, 0.6) is 0 Å². The number of Topliss-reactive ketones (excluding diaryl/α,β-unsaturated/α-hetero) is 1. The zero-order chi connectivity index (χ0) is 17.7. The zero-order valence-electron chi connectivity index (χ0n) is 14.3. The molecule has 0 bridgehead atoms. The van der Waals surface area contributed by atoms with Crippen LogP contribution in [0, 0.1) is 0 Å². The third-order valence-corrected chi connectivity index (χ3v) is 5.12. The lowest BCUT2D eigenvalue weighted by Gasteiger charge is -2.25. The summed E-state index contributed by atoms with van der Waals surface area (Å²) in [5, 5.41) is -0.343. The number of thioether (sulfide) groups is 1. The van der Waals surface area contributed by atoms with Gasteiger partial charge in [0.05, 0.1) is 17.6 Å². The Morgan fingerprint density at radius 2 is 2.04 bits per heavy atom. The van der Waals surface area contributed by atoms with Crippen molar-refractivity contribution < 1.29 is 19.1 Å². The van der Waals surface area contributed by atoms with E-state index in [2.05, 4.69) is 0 Å². The minimum Gasteiger partial charge on any atom is -0.466 e. The maximum absolute atomic E-state index is 12.8. The molecule has 1 aromatic rings. The Hall–Kier alpha value is -1.82. The van der Waals surface area contributed by atoms with Crippen LogP contribution in [0.4, 0.5) is 5.69 Å². The number of rotatable bonds is 7. The molecular formula is C18H23NO4S. The van der Waals surface area contributed by atoms with Crippen molar-refractivity contribution in [2.45, 2.75) is 44.9 Å². The quantitative estimate of drug-likeness (QED) is 0.559. The predicted octanol–water partition coefficient (Wildman–Crippen LogP) is 2.61. The highest BCUT2D eigenvalue weighted by Crippen LogP contribution is 2.33. The molecule has 1 aliphatic rings. The first-order valence-corrected chi connectivity index (χ1v) is 9.18. The summed E-state index contributed by atoms with van der Waals surface area (Å²) in [6, 6.07) is 8.02. The Kier molecular flexibility index (Phi) is 6.43. The molecule has 0 aromatic heterocycles. The Balaban J connectivity index is 1.91. The molecule has 2 unspecified atom stereocenters. The molecular weight excluding hydrogens is 326 g/mol. The molecule has 1 aromatic carbocycles. The number of fused-ring (bicyclic) bond motifs is 1. The topological polar surface area (TPSA) is 63.7 Å². The molecule has 0 saturated heterocycles. The maximum atomic E-state index is 12.8. The van der Waals surface area contributed by atoms with E-state index in [9.17, 15) is 14.4 Å². The molecule has 2 rings (SSSR count). The third-order valence-electron chi connectivity index (χ3n) is 3.93. The highest BCUT2D eigenvalue weighted by Gasteiger charge is 2.33. The summed E-state index contributed by atoms with van der Waals surface area (Å²) in [5.41, 5.74) is 2.13. The number of esters is 1. The minimum atomic E-state index is -0.510. The van der Waals surface area contributed by atoms with Crippen LogP contribution in [0.1, 0.15) is 32.8 Å². The van der Waals surface area contributed by atoms with Gasteiger partial charge in [-0.2, -0.15) is 0 Å². The normalized spacial score (nSPS) is 17.3. The number of carbonyl (C=O) groups excluding carboxylic acids is 3. The van der Waals surface area contributed by atoms with E-state index in [4.69, 9.17) is 4.74 Å². The van der Waals surface area contributed by atoms with Gasteiger partial charge in [0.25, 0.3) is 0 Å². The average Bonchev–Trinajstić information content (AvgIpc) is 2.87. The lowest BCUT2D eigenvalue weighted by atomic mass is 10.1. The lowest BCUT2D eigenvalue weighted by Crippen LogP contribution is -2.40. The van der Waals surface area contributed by atoms with E-state index in [0.29, 0.717) is 0 Å². The van der Waals surface area contributed by atoms with Gasteiger partial charge in [0.1, 0.15) is 6.42 Å². The number of nitrogens with zero attached hydrogens (tertiary/aromatic N) is 1. The van der Waals surface area contributed by atoms with Gasteiger partial charge in [-0.05, 0) is 38.8 Å². The molecule has 0 saturated carbocycles. The molecule has 1 aliphatic heterocycles. The molecule has 0 N–H and O–H groups in total. The molecule has 0 aliphatic carbocycles. The van der Waals surface area contributed by atoms with Crippen LogP contribution in [0.2, 0.25) is 0 Å². The summed E-state index contributed by atoms with van der Waals surface area (Å²) in [5.74, 6) is -0.589. The number of benzene rings is 1. The summed E-state index contributed by atoms with van der Waals surface area (Å²) in [7, 11) is 0. The highest BCUT2D eigenvalue weighted by molar-refractivity contribution is 8.01. The second kappa shape index (κ2) is 8.33. The monoisotopic (exact) mass is 349 g/mol. The second-order valence-electron chi connectivity index (χ2n) is 5.86. The van der Waals surface area contributed by atoms with Gasteiger partial charge in [0.2, 0.25) is 5.91 Å². The standard InChI is InChI=1S/C18H23NO4S/c1-4-23-17(21)10-15(20)11-24-13(3)18(22)19-12(2)9-14-7-5-6-8-16(14)19/h5-8,12-13H,4,9-11H2,1-3H3. The predicted molar refractivity (Wildman–Crippen MR) is 95.3 cm³/mol. The molecule has 24 heavy (non-hydrogen) atoms. The molecule has 0 radical (unpaired) electrons. The van der Waals surface area contributed by atoms with E-state index in [1.807, 2.05) is 36.1 Å². The van der Waals surface area contributed by atoms with Gasteiger partial charge in [-0.15, -0.1) is 11.8 Å². The average molecular weight is 349 g/mol. The van der Waals surface area contributed by atoms with Gasteiger partial charge in [-0.1, -0.05) is 18.2 Å². The van der Waals surface area contributed by atoms with E-state index in [0.717, 1.165) is 12.1 Å². The van der Waals surface area contributed by atoms with Gasteiger partial charge in [0, 0.05) is 11.7 Å². The van der Waals surface area contributed by atoms with Crippen molar-refractivity contribution in [3.8, 4) is 0 Å². The van der Waals surface area contributed by atoms with E-state index in [1.165, 1.54) is 17.3 Å². The van der Waals surface area contributed by atoms with Crippen molar-refractivity contribution in [3.63, 3.8) is 0 Å². The van der Waals surface area contributed by atoms with E-state index in [-0.39, 0.29) is 41.8 Å². The Bertz CT molecular complexity index is 631. The number of anilines is 1. The van der Waals surface area contributed by atoms with Crippen molar-refractivity contribution in [1.29, 1.82) is 0 Å². The fourth-order valence-corrected chi connectivity index (χ4v) is 3.60. The fraction of sp³-hybridized carbons (Fsp3) is 0.500. The summed E-state index contributed by atoms with van der Waals surface area (Å²) < 4.78 is 4.76. The number of amides is 1. The van der Waals surface area contributed by atoms with Gasteiger partial charge in [0.15, 0.2) is 5.78 Å². The van der Waals surface area contributed by atoms with Gasteiger partial charge in [-0.25, -0.2) is 0 Å². The number of ether oxygens (including phenoxy) is 1. The molecule has 5 nitrogen and oxygen atoms in total. The van der Waals surface area contributed by atoms with Crippen molar-refractivity contribution in [2.24, 2.45) is 0 Å². The van der Waals surface area contributed by atoms with Gasteiger partial charge < -0.3 is 9.64 Å². The fourth-order valence-electron chi connectivity index (χ4n) is 2.81. The first-order chi connectivity index (χ1) is 11.4. The number of hydrogen-bond acceptors (Lipinski definition) is 5. The van der Waals surface area contributed by atoms with Crippen LogP contribution in [-0.4, -0.2) is 41.3 Å². The van der Waals surface area contributed by atoms with Crippen molar-refractivity contribution in [2.75, 3.05) is 17.3 Å². The smallest absolute Gasteiger partial charge is 0.313 e. The van der Waals surface area contributed by atoms with Gasteiger partial charge in [-0.3, -0.25) is 14.4 Å². The molecule has 0 spiro atoms. The van der Waals surface area contributed by atoms with Gasteiger partial charge >= 0.3 is 5.97 Å². The first-order valence-electron chi connectivity index (χ1n) is 8.14. The molecule has 130 valence electrons. The van der Waals surface area contributed by atoms with Crippen LogP contribution >= 0.6 is 11.8 Å². The van der Waals surface area contributed by atoms with Crippen LogP contribution in [0.25, 0.3) is 0 Å². The van der Waals surface area contributed by atoms with Crippen LogP contribution in [0.15, 0.2) is 24.3 Å². The summed E-state index contributed by atoms with van der Waals surface area (Å²) in [6.45, 7) is 5.80.